The number of ketones is 1. The second-order valence-electron chi connectivity index (χ2n) is 9.13. The smallest absolute Gasteiger partial charge is 0.547 e. The standard InChI is InChI=1S/C24H46O5.Na/c1-4-5-6-7-8-9-10-11-12-13-14-15-16-17-18-19-21(25)23(2,28)20-24(3,29)22(26)27;/h28-29H,4-20H2,1-3H3,(H,26,27);/q;+1/p-1. The summed E-state index contributed by atoms with van der Waals surface area (Å²) in [5.74, 6) is -2.11. The van der Waals surface area contributed by atoms with Gasteiger partial charge < -0.3 is 20.1 Å². The fourth-order valence-corrected chi connectivity index (χ4v) is 3.77. The maximum Gasteiger partial charge on any atom is 1.00 e. The summed E-state index contributed by atoms with van der Waals surface area (Å²) < 4.78 is 0. The zero-order valence-corrected chi connectivity index (χ0v) is 22.1. The molecule has 0 aliphatic rings. The second-order valence-corrected chi connectivity index (χ2v) is 9.13. The summed E-state index contributed by atoms with van der Waals surface area (Å²) in [6.07, 6.45) is 18.2. The van der Waals surface area contributed by atoms with Gasteiger partial charge in [0, 0.05) is 12.8 Å². The second kappa shape index (κ2) is 18.6. The maximum absolute atomic E-state index is 12.1. The van der Waals surface area contributed by atoms with Gasteiger partial charge in [-0.1, -0.05) is 96.8 Å². The molecule has 0 amide bonds. The van der Waals surface area contributed by atoms with E-state index in [1.54, 1.807) is 0 Å². The summed E-state index contributed by atoms with van der Waals surface area (Å²) in [6, 6.07) is 0. The molecule has 0 spiro atoms. The predicted molar refractivity (Wildman–Crippen MR) is 115 cm³/mol. The van der Waals surface area contributed by atoms with E-state index in [0.717, 1.165) is 19.8 Å². The Bertz CT molecular complexity index is 449. The number of unbranched alkanes of at least 4 members (excludes halogenated alkanes) is 14. The van der Waals surface area contributed by atoms with Crippen molar-refractivity contribution >= 4 is 11.8 Å². The van der Waals surface area contributed by atoms with Crippen molar-refractivity contribution in [3.8, 4) is 0 Å². The van der Waals surface area contributed by atoms with Crippen LogP contribution in [0.4, 0.5) is 0 Å². The molecule has 0 rings (SSSR count). The van der Waals surface area contributed by atoms with Gasteiger partial charge in [0.15, 0.2) is 5.78 Å². The Morgan fingerprint density at radius 2 is 1.00 bits per heavy atom. The van der Waals surface area contributed by atoms with Crippen molar-refractivity contribution in [2.75, 3.05) is 0 Å². The molecule has 0 saturated carbocycles. The number of aliphatic carboxylic acids is 1. The first kappa shape index (κ1) is 32.2. The van der Waals surface area contributed by atoms with Crippen LogP contribution in [0.3, 0.4) is 0 Å². The molecule has 2 atom stereocenters. The molecule has 6 heteroatoms. The molecule has 0 heterocycles. The summed E-state index contributed by atoms with van der Waals surface area (Å²) in [7, 11) is 0. The van der Waals surface area contributed by atoms with Gasteiger partial charge in [-0.15, -0.1) is 0 Å². The van der Waals surface area contributed by atoms with E-state index < -0.39 is 29.4 Å². The number of carboxylic acid groups (broad SMARTS) is 1. The summed E-state index contributed by atoms with van der Waals surface area (Å²) in [5.41, 5.74) is -4.06. The van der Waals surface area contributed by atoms with Crippen LogP contribution >= 0.6 is 0 Å². The monoisotopic (exact) mass is 436 g/mol. The van der Waals surface area contributed by atoms with Gasteiger partial charge in [-0.25, -0.2) is 0 Å². The van der Waals surface area contributed by atoms with Crippen LogP contribution in [0.25, 0.3) is 0 Å². The molecule has 2 N–H and O–H groups in total. The number of aliphatic hydroxyl groups is 2. The number of hydrogen-bond donors (Lipinski definition) is 2. The van der Waals surface area contributed by atoms with E-state index in [1.807, 2.05) is 0 Å². The topological polar surface area (TPSA) is 97.7 Å². The average Bonchev–Trinajstić information content (AvgIpc) is 2.63. The first-order chi connectivity index (χ1) is 13.6. The molecule has 0 aromatic rings. The van der Waals surface area contributed by atoms with Crippen LogP contribution in [0.5, 0.6) is 0 Å². The quantitative estimate of drug-likeness (QED) is 0.222. The van der Waals surface area contributed by atoms with Crippen molar-refractivity contribution in [1.82, 2.24) is 0 Å². The number of Topliss-reactive ketones (excluding diaryl/α,β-unsaturated/α-hetero) is 1. The SMILES string of the molecule is CCCCCCCCCCCCCCCCCC(=O)C(C)(O)CC(C)(O)C(=O)[O-].[Na+]. The van der Waals surface area contributed by atoms with Gasteiger partial charge in [-0.2, -0.15) is 0 Å². The fourth-order valence-electron chi connectivity index (χ4n) is 3.77. The molecule has 0 aromatic heterocycles. The van der Waals surface area contributed by atoms with Gasteiger partial charge >= 0.3 is 29.6 Å². The van der Waals surface area contributed by atoms with Crippen LogP contribution in [-0.4, -0.2) is 33.2 Å². The number of hydrogen-bond acceptors (Lipinski definition) is 5. The van der Waals surface area contributed by atoms with Gasteiger partial charge in [0.2, 0.25) is 0 Å². The van der Waals surface area contributed by atoms with E-state index in [9.17, 15) is 24.9 Å². The van der Waals surface area contributed by atoms with Gasteiger partial charge in [0.05, 0.1) is 5.97 Å². The molecule has 0 saturated heterocycles. The van der Waals surface area contributed by atoms with E-state index in [1.165, 1.54) is 84.0 Å². The first-order valence-corrected chi connectivity index (χ1v) is 11.8. The van der Waals surface area contributed by atoms with Crippen molar-refractivity contribution in [3.63, 3.8) is 0 Å². The molecular weight excluding hydrogens is 391 g/mol. The van der Waals surface area contributed by atoms with Gasteiger partial charge in [0.25, 0.3) is 0 Å². The van der Waals surface area contributed by atoms with Gasteiger partial charge in [0.1, 0.15) is 11.2 Å². The average molecular weight is 437 g/mol. The summed E-state index contributed by atoms with van der Waals surface area (Å²) in [6.45, 7) is 4.55. The van der Waals surface area contributed by atoms with Crippen LogP contribution in [0.1, 0.15) is 130 Å². The fraction of sp³-hybridized carbons (Fsp3) is 0.917. The maximum atomic E-state index is 12.1. The molecule has 172 valence electrons. The van der Waals surface area contributed by atoms with Crippen LogP contribution in [0.15, 0.2) is 0 Å². The van der Waals surface area contributed by atoms with Crippen molar-refractivity contribution in [2.24, 2.45) is 0 Å². The summed E-state index contributed by atoms with van der Waals surface area (Å²) in [4.78, 5) is 23.0. The third kappa shape index (κ3) is 16.7. The Kier molecular flexibility index (Phi) is 20.0. The minimum absolute atomic E-state index is 0. The molecular formula is C24H45NaO5. The number of rotatable bonds is 20. The predicted octanol–water partition coefficient (Wildman–Crippen LogP) is 1.46. The van der Waals surface area contributed by atoms with Crippen LogP contribution in [-0.2, 0) is 9.59 Å². The molecule has 0 bridgehead atoms. The van der Waals surface area contributed by atoms with Gasteiger partial charge in [-0.3, -0.25) is 4.79 Å². The minimum Gasteiger partial charge on any atom is -0.547 e. The normalized spacial score (nSPS) is 15.1. The molecule has 0 aromatic carbocycles. The van der Waals surface area contributed by atoms with Crippen LogP contribution < -0.4 is 34.7 Å². The van der Waals surface area contributed by atoms with Crippen LogP contribution in [0.2, 0.25) is 0 Å². The van der Waals surface area contributed by atoms with Crippen molar-refractivity contribution in [3.05, 3.63) is 0 Å². The summed E-state index contributed by atoms with van der Waals surface area (Å²) >= 11 is 0. The van der Waals surface area contributed by atoms with E-state index in [2.05, 4.69) is 6.92 Å². The minimum atomic E-state index is -2.21. The molecule has 0 radical (unpaired) electrons. The molecule has 0 aliphatic carbocycles. The molecule has 2 unspecified atom stereocenters. The van der Waals surface area contributed by atoms with E-state index >= 15 is 0 Å². The Labute approximate surface area is 206 Å². The molecule has 5 nitrogen and oxygen atoms in total. The zero-order chi connectivity index (χ0) is 22.2. The molecule has 30 heavy (non-hydrogen) atoms. The zero-order valence-electron chi connectivity index (χ0n) is 20.1. The first-order valence-electron chi connectivity index (χ1n) is 11.8. The van der Waals surface area contributed by atoms with Crippen molar-refractivity contribution in [1.29, 1.82) is 0 Å². The van der Waals surface area contributed by atoms with Crippen LogP contribution in [0, 0.1) is 0 Å². The number of carbonyl (C=O) groups is 2. The van der Waals surface area contributed by atoms with E-state index in [4.69, 9.17) is 0 Å². The van der Waals surface area contributed by atoms with Crippen molar-refractivity contribution in [2.45, 2.75) is 141 Å². The Balaban J connectivity index is 0. The number of carbonyl (C=O) groups excluding carboxylic acids is 2. The van der Waals surface area contributed by atoms with Gasteiger partial charge in [-0.05, 0) is 20.3 Å². The van der Waals surface area contributed by atoms with Crippen molar-refractivity contribution < 1.29 is 54.5 Å². The third-order valence-corrected chi connectivity index (χ3v) is 5.74. The summed E-state index contributed by atoms with van der Waals surface area (Å²) in [5, 5.41) is 30.7. The molecule has 0 fully saturated rings. The van der Waals surface area contributed by atoms with E-state index in [-0.39, 0.29) is 36.0 Å². The van der Waals surface area contributed by atoms with E-state index in [0.29, 0.717) is 6.42 Å². The third-order valence-electron chi connectivity index (χ3n) is 5.74. The number of carboxylic acids is 1. The molecule has 0 aliphatic heterocycles. The largest absolute Gasteiger partial charge is 1.00 e. The Morgan fingerprint density at radius 3 is 1.33 bits per heavy atom. The Morgan fingerprint density at radius 1 is 0.667 bits per heavy atom. The Hall–Kier alpha value is 0.0600.